The first-order valence-corrected chi connectivity index (χ1v) is 5.72. The summed E-state index contributed by atoms with van der Waals surface area (Å²) in [6.07, 6.45) is 0. The fourth-order valence-electron chi connectivity index (χ4n) is 0.888. The third kappa shape index (κ3) is 3.46. The predicted octanol–water partition coefficient (Wildman–Crippen LogP) is -0.0559. The van der Waals surface area contributed by atoms with Gasteiger partial charge in [0.05, 0.1) is 4.99 Å². The highest BCUT2D eigenvalue weighted by Crippen LogP contribution is 1.99. The van der Waals surface area contributed by atoms with Gasteiger partial charge in [-0.25, -0.2) is 12.7 Å². The van der Waals surface area contributed by atoms with Crippen LogP contribution in [0.1, 0.15) is 13.8 Å². The molecule has 6 heteroatoms. The molecule has 0 amide bonds. The minimum Gasteiger partial charge on any atom is -0.392 e. The zero-order valence-electron chi connectivity index (χ0n) is 7.28. The predicted molar refractivity (Wildman–Crippen MR) is 53.5 cm³/mol. The van der Waals surface area contributed by atoms with Crippen molar-refractivity contribution in [1.29, 1.82) is 0 Å². The summed E-state index contributed by atoms with van der Waals surface area (Å²) in [7, 11) is -3.25. The van der Waals surface area contributed by atoms with Crippen molar-refractivity contribution in [1.82, 2.24) is 4.31 Å². The highest BCUT2D eigenvalue weighted by molar-refractivity contribution is 7.92. The second kappa shape index (κ2) is 4.74. The minimum absolute atomic E-state index is 0.0156. The molecule has 4 nitrogen and oxygen atoms in total. The summed E-state index contributed by atoms with van der Waals surface area (Å²) in [6, 6.07) is 0. The van der Waals surface area contributed by atoms with E-state index in [2.05, 4.69) is 12.2 Å². The Kier molecular flexibility index (Phi) is 4.66. The van der Waals surface area contributed by atoms with E-state index in [9.17, 15) is 8.42 Å². The SMILES string of the molecule is CCN(CC)S(=O)(=O)CC(N)=S. The van der Waals surface area contributed by atoms with Crippen LogP contribution in [0.2, 0.25) is 0 Å². The Bertz CT molecular complexity index is 244. The van der Waals surface area contributed by atoms with Gasteiger partial charge in [0.15, 0.2) is 0 Å². The molecule has 0 bridgehead atoms. The molecule has 0 saturated carbocycles. The van der Waals surface area contributed by atoms with Gasteiger partial charge < -0.3 is 5.73 Å². The van der Waals surface area contributed by atoms with E-state index in [1.54, 1.807) is 13.8 Å². The largest absolute Gasteiger partial charge is 0.392 e. The van der Waals surface area contributed by atoms with Gasteiger partial charge in [0.1, 0.15) is 5.75 Å². The summed E-state index contributed by atoms with van der Waals surface area (Å²) in [4.78, 5) is 0.0156. The van der Waals surface area contributed by atoms with Crippen LogP contribution in [0.3, 0.4) is 0 Å². The molecule has 0 aliphatic heterocycles. The van der Waals surface area contributed by atoms with E-state index in [4.69, 9.17) is 5.73 Å². The van der Waals surface area contributed by atoms with Gasteiger partial charge in [0.2, 0.25) is 10.0 Å². The summed E-state index contributed by atoms with van der Waals surface area (Å²) in [5.74, 6) is -0.232. The van der Waals surface area contributed by atoms with Gasteiger partial charge in [-0.2, -0.15) is 0 Å². The highest BCUT2D eigenvalue weighted by atomic mass is 32.2. The monoisotopic (exact) mass is 210 g/mol. The van der Waals surface area contributed by atoms with Gasteiger partial charge in [-0.1, -0.05) is 26.1 Å². The Labute approximate surface area is 78.8 Å². The normalized spacial score (nSPS) is 11.9. The van der Waals surface area contributed by atoms with Crippen molar-refractivity contribution in [2.45, 2.75) is 13.8 Å². The first-order valence-electron chi connectivity index (χ1n) is 3.70. The lowest BCUT2D eigenvalue weighted by molar-refractivity contribution is 0.448. The topological polar surface area (TPSA) is 63.4 Å². The second-order valence-corrected chi connectivity index (χ2v) is 4.80. The zero-order chi connectivity index (χ0) is 9.78. The third-order valence-electron chi connectivity index (χ3n) is 1.42. The lowest BCUT2D eigenvalue weighted by Crippen LogP contribution is -2.36. The Morgan fingerprint density at radius 1 is 1.42 bits per heavy atom. The molecule has 12 heavy (non-hydrogen) atoms. The first kappa shape index (κ1) is 11.8. The van der Waals surface area contributed by atoms with Crippen molar-refractivity contribution in [3.05, 3.63) is 0 Å². The number of rotatable bonds is 5. The van der Waals surface area contributed by atoms with E-state index in [-0.39, 0.29) is 10.7 Å². The van der Waals surface area contributed by atoms with Crippen LogP contribution < -0.4 is 5.73 Å². The van der Waals surface area contributed by atoms with Crippen LogP contribution in [-0.4, -0.2) is 36.6 Å². The Morgan fingerprint density at radius 2 is 1.83 bits per heavy atom. The molecule has 0 aliphatic rings. The lowest BCUT2D eigenvalue weighted by Gasteiger charge is -2.17. The molecule has 0 saturated heterocycles. The van der Waals surface area contributed by atoms with Crippen molar-refractivity contribution in [2.24, 2.45) is 5.73 Å². The number of hydrogen-bond acceptors (Lipinski definition) is 3. The number of thiocarbonyl (C=S) groups is 1. The molecule has 0 aromatic carbocycles. The molecule has 0 aliphatic carbocycles. The van der Waals surface area contributed by atoms with Crippen LogP contribution >= 0.6 is 12.2 Å². The van der Waals surface area contributed by atoms with Crippen LogP contribution in [0, 0.1) is 0 Å². The summed E-state index contributed by atoms with van der Waals surface area (Å²) in [5.41, 5.74) is 5.15. The van der Waals surface area contributed by atoms with Gasteiger partial charge in [-0.3, -0.25) is 0 Å². The van der Waals surface area contributed by atoms with E-state index in [1.807, 2.05) is 0 Å². The second-order valence-electron chi connectivity index (χ2n) is 2.31. The van der Waals surface area contributed by atoms with Crippen molar-refractivity contribution in [3.63, 3.8) is 0 Å². The van der Waals surface area contributed by atoms with Gasteiger partial charge in [-0.15, -0.1) is 0 Å². The number of nitrogens with zero attached hydrogens (tertiary/aromatic N) is 1. The van der Waals surface area contributed by atoms with Gasteiger partial charge >= 0.3 is 0 Å². The zero-order valence-corrected chi connectivity index (χ0v) is 8.91. The molecule has 0 aromatic rings. The molecule has 0 heterocycles. The maximum atomic E-state index is 11.4. The molecule has 0 aromatic heterocycles. The quantitative estimate of drug-likeness (QED) is 0.646. The molecule has 2 N–H and O–H groups in total. The fourth-order valence-corrected chi connectivity index (χ4v) is 2.66. The first-order chi connectivity index (χ1) is 5.44. The third-order valence-corrected chi connectivity index (χ3v) is 3.73. The average Bonchev–Trinajstić information content (AvgIpc) is 1.85. The maximum absolute atomic E-state index is 11.4. The van der Waals surface area contributed by atoms with Crippen LogP contribution in [0.25, 0.3) is 0 Å². The van der Waals surface area contributed by atoms with Crippen molar-refractivity contribution >= 4 is 27.2 Å². The minimum atomic E-state index is -3.25. The van der Waals surface area contributed by atoms with E-state index in [0.717, 1.165) is 0 Å². The summed E-state index contributed by atoms with van der Waals surface area (Å²) in [5, 5.41) is 0. The number of sulfonamides is 1. The molecule has 0 atom stereocenters. The molecule has 0 spiro atoms. The van der Waals surface area contributed by atoms with Crippen LogP contribution in [0.4, 0.5) is 0 Å². The highest BCUT2D eigenvalue weighted by Gasteiger charge is 2.18. The Balaban J connectivity index is 4.48. The van der Waals surface area contributed by atoms with Crippen molar-refractivity contribution < 1.29 is 8.42 Å². The fraction of sp³-hybridized carbons (Fsp3) is 0.833. The molecule has 0 unspecified atom stereocenters. The van der Waals surface area contributed by atoms with Gasteiger partial charge in [-0.05, 0) is 0 Å². The Morgan fingerprint density at radius 3 is 2.08 bits per heavy atom. The Hall–Kier alpha value is -0.200. The van der Waals surface area contributed by atoms with Gasteiger partial charge in [0.25, 0.3) is 0 Å². The lowest BCUT2D eigenvalue weighted by atomic mass is 10.7. The molecule has 72 valence electrons. The van der Waals surface area contributed by atoms with E-state index < -0.39 is 10.0 Å². The summed E-state index contributed by atoms with van der Waals surface area (Å²) in [6.45, 7) is 4.48. The maximum Gasteiger partial charge on any atom is 0.220 e. The van der Waals surface area contributed by atoms with Gasteiger partial charge in [0, 0.05) is 13.1 Å². The van der Waals surface area contributed by atoms with E-state index in [1.165, 1.54) is 4.31 Å². The summed E-state index contributed by atoms with van der Waals surface area (Å²) < 4.78 is 24.1. The van der Waals surface area contributed by atoms with Crippen molar-refractivity contribution in [2.75, 3.05) is 18.8 Å². The van der Waals surface area contributed by atoms with Crippen molar-refractivity contribution in [3.8, 4) is 0 Å². The number of hydrogen-bond donors (Lipinski definition) is 1. The van der Waals surface area contributed by atoms with Crippen LogP contribution in [-0.2, 0) is 10.0 Å². The van der Waals surface area contributed by atoms with E-state index >= 15 is 0 Å². The summed E-state index contributed by atoms with van der Waals surface area (Å²) >= 11 is 4.53. The molecule has 0 rings (SSSR count). The van der Waals surface area contributed by atoms with E-state index in [0.29, 0.717) is 13.1 Å². The molecule has 0 radical (unpaired) electrons. The average molecular weight is 210 g/mol. The molecule has 0 fully saturated rings. The van der Waals surface area contributed by atoms with Crippen LogP contribution in [0.15, 0.2) is 0 Å². The van der Waals surface area contributed by atoms with Crippen LogP contribution in [0.5, 0.6) is 0 Å². The number of nitrogens with two attached hydrogens (primary N) is 1. The molecular formula is C6H14N2O2S2. The standard InChI is InChI=1S/C6H14N2O2S2/c1-3-8(4-2)12(9,10)5-6(7)11/h3-5H2,1-2H3,(H2,7,11). The molecular weight excluding hydrogens is 196 g/mol. The smallest absolute Gasteiger partial charge is 0.220 e.